The van der Waals surface area contributed by atoms with Crippen LogP contribution in [0.2, 0.25) is 0 Å². The van der Waals surface area contributed by atoms with Crippen molar-refractivity contribution in [3.63, 3.8) is 0 Å². The molecule has 4 nitrogen and oxygen atoms in total. The summed E-state index contributed by atoms with van der Waals surface area (Å²) in [6.07, 6.45) is 3.99. The van der Waals surface area contributed by atoms with Crippen molar-refractivity contribution >= 4 is 15.9 Å². The maximum absolute atomic E-state index is 5.86. The van der Waals surface area contributed by atoms with Crippen LogP contribution in [-0.4, -0.2) is 25.4 Å². The summed E-state index contributed by atoms with van der Waals surface area (Å²) < 4.78 is 12.8. The van der Waals surface area contributed by atoms with Crippen molar-refractivity contribution in [1.82, 2.24) is 5.43 Å². The van der Waals surface area contributed by atoms with Crippen LogP contribution < -0.4 is 16.0 Å². The molecule has 1 heterocycles. The van der Waals surface area contributed by atoms with E-state index in [2.05, 4.69) is 40.4 Å². The number of fused-ring (bicyclic) bond motifs is 1. The normalized spacial score (nSPS) is 16.4. The molecule has 0 radical (unpaired) electrons. The van der Waals surface area contributed by atoms with Crippen LogP contribution in [-0.2, 0) is 17.6 Å². The number of halogens is 1. The second kappa shape index (κ2) is 8.13. The van der Waals surface area contributed by atoms with Gasteiger partial charge in [0.1, 0.15) is 5.75 Å². The van der Waals surface area contributed by atoms with E-state index in [-0.39, 0.29) is 12.1 Å². The van der Waals surface area contributed by atoms with Gasteiger partial charge in [0.2, 0.25) is 0 Å². The third-order valence-corrected chi connectivity index (χ3v) is 4.34. The fraction of sp³-hybridized carbons (Fsp3) is 0.625. The predicted molar refractivity (Wildman–Crippen MR) is 88.5 cm³/mol. The largest absolute Gasteiger partial charge is 0.493 e. The van der Waals surface area contributed by atoms with Crippen molar-refractivity contribution < 1.29 is 9.47 Å². The van der Waals surface area contributed by atoms with Crippen LogP contribution in [0.4, 0.5) is 0 Å². The first kappa shape index (κ1) is 16.7. The minimum Gasteiger partial charge on any atom is -0.493 e. The van der Waals surface area contributed by atoms with Crippen molar-refractivity contribution in [2.75, 3.05) is 13.2 Å². The molecule has 0 bridgehead atoms. The van der Waals surface area contributed by atoms with Gasteiger partial charge in [-0.05, 0) is 43.0 Å². The number of benzene rings is 1. The molecule has 1 aromatic carbocycles. The highest BCUT2D eigenvalue weighted by molar-refractivity contribution is 9.10. The van der Waals surface area contributed by atoms with Gasteiger partial charge < -0.3 is 9.47 Å². The first-order chi connectivity index (χ1) is 10.2. The summed E-state index contributed by atoms with van der Waals surface area (Å²) in [7, 11) is 0. The highest BCUT2D eigenvalue weighted by Crippen LogP contribution is 2.34. The van der Waals surface area contributed by atoms with Gasteiger partial charge in [0.05, 0.1) is 18.8 Å². The Kier molecular flexibility index (Phi) is 6.48. The van der Waals surface area contributed by atoms with Crippen LogP contribution in [0, 0.1) is 0 Å². The molecule has 0 aliphatic carbocycles. The van der Waals surface area contributed by atoms with E-state index in [0.29, 0.717) is 6.61 Å². The smallest absolute Gasteiger partial charge is 0.125 e. The predicted octanol–water partition coefficient (Wildman–Crippen LogP) is 2.96. The summed E-state index contributed by atoms with van der Waals surface area (Å²) in [5.74, 6) is 6.82. The fourth-order valence-electron chi connectivity index (χ4n) is 2.93. The van der Waals surface area contributed by atoms with Gasteiger partial charge in [-0.1, -0.05) is 29.3 Å². The molecular formula is C16H25BrN2O2. The van der Waals surface area contributed by atoms with Crippen LogP contribution in [0.25, 0.3) is 0 Å². The number of ether oxygens (including phenoxy) is 2. The number of nitrogens with one attached hydrogen (secondary N) is 1. The van der Waals surface area contributed by atoms with E-state index in [1.165, 1.54) is 11.1 Å². The summed E-state index contributed by atoms with van der Waals surface area (Å²) in [6.45, 7) is 5.66. The Morgan fingerprint density at radius 1 is 1.43 bits per heavy atom. The average molecular weight is 357 g/mol. The topological polar surface area (TPSA) is 56.5 Å². The molecule has 0 fully saturated rings. The molecular weight excluding hydrogens is 332 g/mol. The summed E-state index contributed by atoms with van der Waals surface area (Å²) in [4.78, 5) is 0. The van der Waals surface area contributed by atoms with E-state index in [9.17, 15) is 0 Å². The molecule has 0 saturated heterocycles. The number of nitrogens with two attached hydrogens (primary N) is 1. The van der Waals surface area contributed by atoms with E-state index in [1.54, 1.807) is 0 Å². The Morgan fingerprint density at radius 2 is 2.24 bits per heavy atom. The Morgan fingerprint density at radius 3 is 2.90 bits per heavy atom. The van der Waals surface area contributed by atoms with E-state index in [0.717, 1.165) is 42.5 Å². The zero-order valence-electron chi connectivity index (χ0n) is 12.8. The Bertz CT molecular complexity index is 462. The molecule has 1 aliphatic heterocycles. The lowest BCUT2D eigenvalue weighted by Gasteiger charge is -2.27. The zero-order chi connectivity index (χ0) is 15.2. The van der Waals surface area contributed by atoms with Gasteiger partial charge in [0.15, 0.2) is 0 Å². The van der Waals surface area contributed by atoms with Crippen molar-refractivity contribution in [1.29, 1.82) is 0 Å². The summed E-state index contributed by atoms with van der Waals surface area (Å²) in [5.41, 5.74) is 5.41. The number of hydrogen-bond donors (Lipinski definition) is 2. The highest BCUT2D eigenvalue weighted by atomic mass is 79.9. The molecule has 2 atom stereocenters. The molecule has 0 aromatic heterocycles. The van der Waals surface area contributed by atoms with Crippen molar-refractivity contribution in [2.24, 2.45) is 5.84 Å². The lowest BCUT2D eigenvalue weighted by molar-refractivity contribution is 0.0280. The van der Waals surface area contributed by atoms with Gasteiger partial charge in [0.25, 0.3) is 0 Å². The first-order valence-electron chi connectivity index (χ1n) is 7.71. The molecule has 2 unspecified atom stereocenters. The molecule has 0 saturated carbocycles. The van der Waals surface area contributed by atoms with Gasteiger partial charge in [-0.3, -0.25) is 11.3 Å². The Labute approximate surface area is 135 Å². The average Bonchev–Trinajstić information content (AvgIpc) is 2.92. The fourth-order valence-corrected chi connectivity index (χ4v) is 3.48. The van der Waals surface area contributed by atoms with Gasteiger partial charge >= 0.3 is 0 Å². The molecule has 1 aliphatic rings. The van der Waals surface area contributed by atoms with Crippen LogP contribution in [0.1, 0.15) is 37.8 Å². The van der Waals surface area contributed by atoms with Crippen LogP contribution >= 0.6 is 15.9 Å². The number of hydrazine groups is 1. The van der Waals surface area contributed by atoms with Gasteiger partial charge in [0, 0.05) is 17.5 Å². The van der Waals surface area contributed by atoms with Crippen LogP contribution in [0.15, 0.2) is 16.6 Å². The number of rotatable bonds is 8. The molecule has 1 aromatic rings. The van der Waals surface area contributed by atoms with Crippen molar-refractivity contribution in [2.45, 2.75) is 51.7 Å². The van der Waals surface area contributed by atoms with E-state index in [4.69, 9.17) is 15.3 Å². The minimum atomic E-state index is 0.0903. The van der Waals surface area contributed by atoms with Gasteiger partial charge in [-0.25, -0.2) is 0 Å². The number of hydrogen-bond acceptors (Lipinski definition) is 4. The lowest BCUT2D eigenvalue weighted by atomic mass is 9.96. The zero-order valence-corrected chi connectivity index (χ0v) is 14.4. The Balaban J connectivity index is 2.18. The van der Waals surface area contributed by atoms with Gasteiger partial charge in [-0.2, -0.15) is 0 Å². The quantitative estimate of drug-likeness (QED) is 0.555. The summed E-state index contributed by atoms with van der Waals surface area (Å²) in [5, 5.41) is 0. The van der Waals surface area contributed by atoms with E-state index in [1.807, 2.05) is 6.92 Å². The second-order valence-electron chi connectivity index (χ2n) is 5.41. The molecule has 2 rings (SSSR count). The Hall–Kier alpha value is -0.620. The molecule has 0 spiro atoms. The molecule has 0 amide bonds. The molecule has 3 N–H and O–H groups in total. The molecule has 5 heteroatoms. The maximum atomic E-state index is 5.86. The second-order valence-corrected chi connectivity index (χ2v) is 6.33. The third-order valence-electron chi connectivity index (χ3n) is 3.88. The highest BCUT2D eigenvalue weighted by Gasteiger charge is 2.24. The molecule has 118 valence electrons. The van der Waals surface area contributed by atoms with E-state index < -0.39 is 0 Å². The van der Waals surface area contributed by atoms with Crippen molar-refractivity contribution in [3.8, 4) is 5.75 Å². The summed E-state index contributed by atoms with van der Waals surface area (Å²) >= 11 is 3.59. The van der Waals surface area contributed by atoms with Crippen LogP contribution in [0.3, 0.4) is 0 Å². The maximum Gasteiger partial charge on any atom is 0.125 e. The minimum absolute atomic E-state index is 0.0903. The standard InChI is InChI=1S/C16H25BrN2O2/c1-3-5-15(20-4-2)14(19-18)10-12-9-13(17)8-11-6-7-21-16(11)12/h8-9,14-15,19H,3-7,10,18H2,1-2H3. The first-order valence-corrected chi connectivity index (χ1v) is 8.50. The van der Waals surface area contributed by atoms with Crippen molar-refractivity contribution in [3.05, 3.63) is 27.7 Å². The lowest BCUT2D eigenvalue weighted by Crippen LogP contribution is -2.46. The SMILES string of the molecule is CCCC(OCC)C(Cc1cc(Br)cc2c1OCC2)NN. The van der Waals surface area contributed by atoms with E-state index >= 15 is 0 Å². The van der Waals surface area contributed by atoms with Gasteiger partial charge in [-0.15, -0.1) is 0 Å². The van der Waals surface area contributed by atoms with Crippen LogP contribution in [0.5, 0.6) is 5.75 Å². The summed E-state index contributed by atoms with van der Waals surface area (Å²) in [6, 6.07) is 4.36. The third kappa shape index (κ3) is 4.19. The monoisotopic (exact) mass is 356 g/mol. The molecule has 21 heavy (non-hydrogen) atoms.